The lowest BCUT2D eigenvalue weighted by Gasteiger charge is -2.38. The second kappa shape index (κ2) is 8.98. The molecule has 0 radical (unpaired) electrons. The molecule has 1 aromatic heterocycles. The van der Waals surface area contributed by atoms with Gasteiger partial charge in [0.1, 0.15) is 11.5 Å². The quantitative estimate of drug-likeness (QED) is 0.200. The maximum absolute atomic E-state index is 12.5. The van der Waals surface area contributed by atoms with Crippen molar-refractivity contribution in [2.24, 2.45) is 5.10 Å². The molecule has 35 heavy (non-hydrogen) atoms. The van der Waals surface area contributed by atoms with Gasteiger partial charge in [0, 0.05) is 22.0 Å². The van der Waals surface area contributed by atoms with Crippen LogP contribution in [0.3, 0.4) is 0 Å². The summed E-state index contributed by atoms with van der Waals surface area (Å²) in [4.78, 5) is 13.7. The molecule has 0 aliphatic carbocycles. The molecule has 3 heterocycles. The highest BCUT2D eigenvalue weighted by Crippen LogP contribution is 2.48. The molecule has 2 atom stereocenters. The normalized spacial score (nSPS) is 18.3. The van der Waals surface area contributed by atoms with Gasteiger partial charge in [0.25, 0.3) is 0 Å². The van der Waals surface area contributed by atoms with Crippen molar-refractivity contribution in [2.45, 2.75) is 25.6 Å². The fraction of sp³-hybridized carbons (Fsp3) is 0.143. The van der Waals surface area contributed by atoms with E-state index in [0.717, 1.165) is 39.0 Å². The van der Waals surface area contributed by atoms with E-state index in [1.165, 1.54) is 4.88 Å². The van der Waals surface area contributed by atoms with Crippen molar-refractivity contribution >= 4 is 38.9 Å². The highest BCUT2D eigenvalue weighted by molar-refractivity contribution is 9.10. The number of fused-ring (bicyclic) bond motifs is 3. The summed E-state index contributed by atoms with van der Waals surface area (Å²) in [5, 5.41) is 9.12. The van der Waals surface area contributed by atoms with Gasteiger partial charge in [0.15, 0.2) is 0 Å². The Morgan fingerprint density at radius 2 is 1.89 bits per heavy atom. The van der Waals surface area contributed by atoms with Crippen LogP contribution in [0.5, 0.6) is 11.5 Å². The predicted octanol–water partition coefficient (Wildman–Crippen LogP) is 7.28. The fourth-order valence-electron chi connectivity index (χ4n) is 4.43. The number of aryl methyl sites for hydroxylation is 1. The topological polar surface area (TPSA) is 51.1 Å². The zero-order valence-electron chi connectivity index (χ0n) is 18.9. The Morgan fingerprint density at radius 1 is 1.09 bits per heavy atom. The lowest BCUT2D eigenvalue weighted by atomic mass is 9.97. The molecule has 0 amide bonds. The van der Waals surface area contributed by atoms with Gasteiger partial charge in [0.05, 0.1) is 22.2 Å². The first-order valence-electron chi connectivity index (χ1n) is 11.3. The standard InChI is InChI=1S/C28H21BrN2O3S/c1-17-4-6-19(7-5-17)28(32)33-21-11-8-18(9-12-21)27-31-24(16-23(30-31)26-3-2-14-35-26)22-15-20(29)10-13-25(22)34-27/h2-15,24,27H,16H2,1H3. The number of hydrogen-bond donors (Lipinski definition) is 0. The number of thiophene rings is 1. The fourth-order valence-corrected chi connectivity index (χ4v) is 5.53. The zero-order chi connectivity index (χ0) is 23.9. The van der Waals surface area contributed by atoms with Gasteiger partial charge in [-0.05, 0) is 73.0 Å². The van der Waals surface area contributed by atoms with Crippen LogP contribution in [0, 0.1) is 6.92 Å². The number of esters is 1. The van der Waals surface area contributed by atoms with Crippen molar-refractivity contribution < 1.29 is 14.3 Å². The average molecular weight is 545 g/mol. The zero-order valence-corrected chi connectivity index (χ0v) is 21.3. The van der Waals surface area contributed by atoms with Crippen molar-refractivity contribution in [2.75, 3.05) is 0 Å². The Morgan fingerprint density at radius 3 is 2.63 bits per heavy atom. The van der Waals surface area contributed by atoms with E-state index in [1.807, 2.05) is 43.3 Å². The molecule has 2 aliphatic heterocycles. The van der Waals surface area contributed by atoms with Crippen LogP contribution in [0.4, 0.5) is 0 Å². The minimum absolute atomic E-state index is 0.0809. The van der Waals surface area contributed by atoms with E-state index in [-0.39, 0.29) is 18.2 Å². The molecule has 5 nitrogen and oxygen atoms in total. The molecule has 4 aromatic rings. The van der Waals surface area contributed by atoms with Gasteiger partial charge in [0.2, 0.25) is 6.23 Å². The number of carbonyl (C=O) groups excluding carboxylic acids is 1. The summed E-state index contributed by atoms with van der Waals surface area (Å²) >= 11 is 5.30. The van der Waals surface area contributed by atoms with Gasteiger partial charge in [-0.25, -0.2) is 9.80 Å². The van der Waals surface area contributed by atoms with E-state index >= 15 is 0 Å². The molecular weight excluding hydrogens is 524 g/mol. The van der Waals surface area contributed by atoms with Crippen LogP contribution < -0.4 is 9.47 Å². The summed E-state index contributed by atoms with van der Waals surface area (Å²) in [5.41, 5.74) is 4.74. The smallest absolute Gasteiger partial charge is 0.343 e. The lowest BCUT2D eigenvalue weighted by Crippen LogP contribution is -2.33. The molecule has 2 unspecified atom stereocenters. The minimum Gasteiger partial charge on any atom is -0.464 e. The summed E-state index contributed by atoms with van der Waals surface area (Å²) < 4.78 is 13.0. The van der Waals surface area contributed by atoms with Crippen LogP contribution in [0.15, 0.2) is 93.8 Å². The van der Waals surface area contributed by atoms with Crippen molar-refractivity contribution in [3.05, 3.63) is 116 Å². The van der Waals surface area contributed by atoms with Crippen molar-refractivity contribution in [3.63, 3.8) is 0 Å². The molecule has 0 bridgehead atoms. The van der Waals surface area contributed by atoms with Gasteiger partial charge >= 0.3 is 5.97 Å². The van der Waals surface area contributed by atoms with Crippen molar-refractivity contribution in [3.8, 4) is 11.5 Å². The van der Waals surface area contributed by atoms with Gasteiger partial charge in [-0.3, -0.25) is 0 Å². The summed E-state index contributed by atoms with van der Waals surface area (Å²) in [7, 11) is 0. The molecule has 7 heteroatoms. The molecule has 3 aromatic carbocycles. The Bertz CT molecular complexity index is 1420. The van der Waals surface area contributed by atoms with Crippen LogP contribution in [0.1, 0.15) is 50.6 Å². The van der Waals surface area contributed by atoms with Crippen LogP contribution in [-0.2, 0) is 0 Å². The van der Waals surface area contributed by atoms with E-state index in [9.17, 15) is 4.79 Å². The van der Waals surface area contributed by atoms with Crippen LogP contribution >= 0.6 is 27.3 Å². The summed E-state index contributed by atoms with van der Waals surface area (Å²) in [6.45, 7) is 1.98. The molecule has 0 fully saturated rings. The summed E-state index contributed by atoms with van der Waals surface area (Å²) in [6.07, 6.45) is 0.434. The Balaban J connectivity index is 1.28. The summed E-state index contributed by atoms with van der Waals surface area (Å²) in [5.74, 6) is 0.966. The second-order valence-corrected chi connectivity index (χ2v) is 10.5. The predicted molar refractivity (Wildman–Crippen MR) is 140 cm³/mol. The number of hydrogen-bond acceptors (Lipinski definition) is 6. The number of rotatable bonds is 4. The van der Waals surface area contributed by atoms with Gasteiger partial charge in [-0.15, -0.1) is 11.3 Å². The van der Waals surface area contributed by atoms with Crippen molar-refractivity contribution in [1.29, 1.82) is 0 Å². The number of benzene rings is 3. The molecule has 0 N–H and O–H groups in total. The first-order valence-corrected chi connectivity index (χ1v) is 13.0. The molecule has 0 saturated heterocycles. The molecular formula is C28H21BrN2O3S. The number of halogens is 1. The van der Waals surface area contributed by atoms with E-state index in [4.69, 9.17) is 14.6 Å². The lowest BCUT2D eigenvalue weighted by molar-refractivity contribution is -0.0190. The molecule has 0 saturated carbocycles. The molecule has 6 rings (SSSR count). The monoisotopic (exact) mass is 544 g/mol. The Labute approximate surface area is 215 Å². The summed E-state index contributed by atoms with van der Waals surface area (Å²) in [6, 6.07) is 25.2. The van der Waals surface area contributed by atoms with Crippen molar-refractivity contribution in [1.82, 2.24) is 5.01 Å². The van der Waals surface area contributed by atoms with Gasteiger partial charge < -0.3 is 9.47 Å². The SMILES string of the molecule is Cc1ccc(C(=O)Oc2ccc(C3Oc4ccc(Br)cc4C4CC(c5cccs5)=NN43)cc2)cc1. The number of carbonyl (C=O) groups is 1. The highest BCUT2D eigenvalue weighted by atomic mass is 79.9. The number of ether oxygens (including phenoxy) is 2. The Hall–Kier alpha value is -3.42. The number of nitrogens with zero attached hydrogens (tertiary/aromatic N) is 2. The molecule has 174 valence electrons. The van der Waals surface area contributed by atoms with E-state index in [2.05, 4.69) is 44.5 Å². The third-order valence-electron chi connectivity index (χ3n) is 6.22. The third-order valence-corrected chi connectivity index (χ3v) is 7.63. The molecule has 0 spiro atoms. The maximum atomic E-state index is 12.5. The van der Waals surface area contributed by atoms with E-state index in [0.29, 0.717) is 11.3 Å². The minimum atomic E-state index is -0.381. The average Bonchev–Trinajstić information content (AvgIpc) is 3.55. The van der Waals surface area contributed by atoms with E-state index in [1.54, 1.807) is 35.6 Å². The van der Waals surface area contributed by atoms with Crippen LogP contribution in [0.25, 0.3) is 0 Å². The van der Waals surface area contributed by atoms with Crippen LogP contribution in [0.2, 0.25) is 0 Å². The first-order chi connectivity index (χ1) is 17.0. The first kappa shape index (κ1) is 22.1. The van der Waals surface area contributed by atoms with E-state index < -0.39 is 0 Å². The Kier molecular flexibility index (Phi) is 5.66. The van der Waals surface area contributed by atoms with Crippen LogP contribution in [-0.4, -0.2) is 16.7 Å². The van der Waals surface area contributed by atoms with Gasteiger partial charge in [-0.2, -0.15) is 5.10 Å². The molecule has 2 aliphatic rings. The maximum Gasteiger partial charge on any atom is 0.343 e. The third kappa shape index (κ3) is 4.26. The van der Waals surface area contributed by atoms with Gasteiger partial charge in [-0.1, -0.05) is 39.7 Å². The second-order valence-electron chi connectivity index (χ2n) is 8.60. The largest absolute Gasteiger partial charge is 0.464 e. The number of hydrazone groups is 1. The highest BCUT2D eigenvalue weighted by Gasteiger charge is 2.41.